The second-order valence-electron chi connectivity index (χ2n) is 6.69. The second-order valence-corrected chi connectivity index (χ2v) is 6.69. The zero-order chi connectivity index (χ0) is 21.2. The minimum atomic E-state index is -0.314. The van der Waals surface area contributed by atoms with E-state index in [0.717, 1.165) is 11.4 Å². The van der Waals surface area contributed by atoms with Gasteiger partial charge < -0.3 is 25.1 Å². The van der Waals surface area contributed by atoms with Crippen LogP contribution in [0, 0.1) is 0 Å². The first kappa shape index (κ1) is 21.2. The Labute approximate surface area is 175 Å². The number of urea groups is 1. The molecule has 3 rings (SSSR count). The molecule has 1 aliphatic rings. The maximum absolute atomic E-state index is 12.3. The summed E-state index contributed by atoms with van der Waals surface area (Å²) in [4.78, 5) is 31.4. The standard InChI is InChI=1S/C22H26N4O4/c1-2-29-20-11-7-6-10-19(20)24-21(27)16-30-25-18-12-14-26(15-13-18)22(28)23-17-8-4-3-5-9-17/h3-11H,2,12-16H2,1H3,(H,23,28)(H,24,27). The van der Waals surface area contributed by atoms with Crippen LogP contribution in [0.2, 0.25) is 0 Å². The van der Waals surface area contributed by atoms with Crippen molar-refractivity contribution in [2.75, 3.05) is 36.9 Å². The molecule has 0 aromatic heterocycles. The number of nitrogens with zero attached hydrogens (tertiary/aromatic N) is 2. The molecule has 1 fully saturated rings. The monoisotopic (exact) mass is 410 g/mol. The highest BCUT2D eigenvalue weighted by atomic mass is 16.6. The second kappa shape index (κ2) is 10.8. The van der Waals surface area contributed by atoms with Gasteiger partial charge in [-0.05, 0) is 31.2 Å². The van der Waals surface area contributed by atoms with Crippen molar-refractivity contribution >= 4 is 29.0 Å². The molecule has 0 saturated carbocycles. The van der Waals surface area contributed by atoms with Gasteiger partial charge in [0.2, 0.25) is 0 Å². The van der Waals surface area contributed by atoms with E-state index in [2.05, 4.69) is 15.8 Å². The number of anilines is 2. The molecular formula is C22H26N4O4. The Morgan fingerprint density at radius 2 is 1.70 bits per heavy atom. The Balaban J connectivity index is 1.40. The van der Waals surface area contributed by atoms with Crippen molar-refractivity contribution in [2.24, 2.45) is 5.16 Å². The van der Waals surface area contributed by atoms with Gasteiger partial charge in [-0.1, -0.05) is 35.5 Å². The van der Waals surface area contributed by atoms with Gasteiger partial charge in [0.05, 0.1) is 18.0 Å². The molecule has 2 aromatic carbocycles. The highest BCUT2D eigenvalue weighted by Crippen LogP contribution is 2.23. The molecule has 0 aliphatic carbocycles. The summed E-state index contributed by atoms with van der Waals surface area (Å²) in [5.74, 6) is 0.298. The maximum Gasteiger partial charge on any atom is 0.321 e. The molecule has 0 atom stereocenters. The molecular weight excluding hydrogens is 384 g/mol. The molecule has 2 N–H and O–H groups in total. The molecule has 1 heterocycles. The van der Waals surface area contributed by atoms with Crippen LogP contribution in [0.25, 0.3) is 0 Å². The van der Waals surface area contributed by atoms with Crippen molar-refractivity contribution in [1.29, 1.82) is 0 Å². The third-order valence-corrected chi connectivity index (χ3v) is 4.50. The Morgan fingerprint density at radius 3 is 2.43 bits per heavy atom. The number of ether oxygens (including phenoxy) is 1. The van der Waals surface area contributed by atoms with Crippen LogP contribution in [0.5, 0.6) is 5.75 Å². The fourth-order valence-electron chi connectivity index (χ4n) is 3.00. The third kappa shape index (κ3) is 6.23. The van der Waals surface area contributed by atoms with E-state index in [9.17, 15) is 9.59 Å². The van der Waals surface area contributed by atoms with Gasteiger partial charge >= 0.3 is 6.03 Å². The van der Waals surface area contributed by atoms with E-state index in [1.165, 1.54) is 0 Å². The smallest absolute Gasteiger partial charge is 0.321 e. The Morgan fingerprint density at radius 1 is 1.00 bits per heavy atom. The van der Waals surface area contributed by atoms with E-state index in [1.54, 1.807) is 17.0 Å². The first-order valence-electron chi connectivity index (χ1n) is 9.96. The molecule has 8 heteroatoms. The lowest BCUT2D eigenvalue weighted by molar-refractivity contribution is -0.120. The Hall–Kier alpha value is -3.55. The highest BCUT2D eigenvalue weighted by molar-refractivity contribution is 5.94. The summed E-state index contributed by atoms with van der Waals surface area (Å²) in [6, 6.07) is 16.4. The van der Waals surface area contributed by atoms with Gasteiger partial charge in [0, 0.05) is 31.6 Å². The number of amides is 3. The van der Waals surface area contributed by atoms with Gasteiger partial charge in [0.15, 0.2) is 6.61 Å². The third-order valence-electron chi connectivity index (χ3n) is 4.50. The molecule has 3 amide bonds. The minimum absolute atomic E-state index is 0.131. The van der Waals surface area contributed by atoms with Crippen molar-refractivity contribution in [3.05, 3.63) is 54.6 Å². The first-order valence-corrected chi connectivity index (χ1v) is 9.96. The lowest BCUT2D eigenvalue weighted by Crippen LogP contribution is -2.41. The van der Waals surface area contributed by atoms with E-state index in [-0.39, 0.29) is 18.5 Å². The molecule has 0 spiro atoms. The van der Waals surface area contributed by atoms with Gasteiger partial charge in [-0.3, -0.25) is 4.79 Å². The number of nitrogens with one attached hydrogen (secondary N) is 2. The number of para-hydroxylation sites is 3. The van der Waals surface area contributed by atoms with Crippen molar-refractivity contribution in [3.8, 4) is 5.75 Å². The highest BCUT2D eigenvalue weighted by Gasteiger charge is 2.20. The summed E-state index contributed by atoms with van der Waals surface area (Å²) in [5, 5.41) is 9.70. The zero-order valence-corrected chi connectivity index (χ0v) is 17.0. The summed E-state index contributed by atoms with van der Waals surface area (Å²) < 4.78 is 5.48. The molecule has 158 valence electrons. The summed E-state index contributed by atoms with van der Waals surface area (Å²) >= 11 is 0. The fraction of sp³-hybridized carbons (Fsp3) is 0.318. The molecule has 1 aliphatic heterocycles. The Kier molecular flexibility index (Phi) is 7.65. The number of oxime groups is 1. The lowest BCUT2D eigenvalue weighted by Gasteiger charge is -2.27. The minimum Gasteiger partial charge on any atom is -0.492 e. The predicted molar refractivity (Wildman–Crippen MR) is 116 cm³/mol. The lowest BCUT2D eigenvalue weighted by atomic mass is 10.1. The van der Waals surface area contributed by atoms with Crippen LogP contribution in [-0.2, 0) is 9.63 Å². The predicted octanol–water partition coefficient (Wildman–Crippen LogP) is 3.72. The normalized spacial score (nSPS) is 13.4. The molecule has 2 aromatic rings. The van der Waals surface area contributed by atoms with Gasteiger partial charge in [-0.25, -0.2) is 4.79 Å². The van der Waals surface area contributed by atoms with E-state index in [0.29, 0.717) is 44.0 Å². The van der Waals surface area contributed by atoms with Crippen LogP contribution < -0.4 is 15.4 Å². The maximum atomic E-state index is 12.3. The number of carbonyl (C=O) groups excluding carboxylic acids is 2. The summed E-state index contributed by atoms with van der Waals surface area (Å²) in [6.45, 7) is 3.30. The van der Waals surface area contributed by atoms with E-state index in [4.69, 9.17) is 9.57 Å². The van der Waals surface area contributed by atoms with Crippen LogP contribution >= 0.6 is 0 Å². The van der Waals surface area contributed by atoms with E-state index >= 15 is 0 Å². The molecule has 30 heavy (non-hydrogen) atoms. The SMILES string of the molecule is CCOc1ccccc1NC(=O)CON=C1CCN(C(=O)Nc2ccccc2)CC1. The fourth-order valence-corrected chi connectivity index (χ4v) is 3.00. The van der Waals surface area contributed by atoms with Gasteiger partial charge in [0.1, 0.15) is 5.75 Å². The summed E-state index contributed by atoms with van der Waals surface area (Å²) in [5.41, 5.74) is 2.20. The summed E-state index contributed by atoms with van der Waals surface area (Å²) in [7, 11) is 0. The molecule has 0 radical (unpaired) electrons. The number of rotatable bonds is 7. The van der Waals surface area contributed by atoms with Crippen LogP contribution in [0.4, 0.5) is 16.2 Å². The quantitative estimate of drug-likeness (QED) is 0.681. The largest absolute Gasteiger partial charge is 0.492 e. The Bertz CT molecular complexity index is 876. The average Bonchev–Trinajstić information content (AvgIpc) is 2.76. The number of piperidine rings is 1. The van der Waals surface area contributed by atoms with Gasteiger partial charge in [-0.15, -0.1) is 0 Å². The first-order chi connectivity index (χ1) is 14.7. The zero-order valence-electron chi connectivity index (χ0n) is 17.0. The van der Waals surface area contributed by atoms with Crippen molar-refractivity contribution in [3.63, 3.8) is 0 Å². The van der Waals surface area contributed by atoms with Crippen LogP contribution in [0.1, 0.15) is 19.8 Å². The topological polar surface area (TPSA) is 92.3 Å². The van der Waals surface area contributed by atoms with Crippen LogP contribution in [-0.4, -0.2) is 48.9 Å². The van der Waals surface area contributed by atoms with Crippen molar-refractivity contribution < 1.29 is 19.2 Å². The molecule has 0 unspecified atom stereocenters. The van der Waals surface area contributed by atoms with Crippen LogP contribution in [0.3, 0.4) is 0 Å². The average molecular weight is 410 g/mol. The van der Waals surface area contributed by atoms with Gasteiger partial charge in [0.25, 0.3) is 5.91 Å². The van der Waals surface area contributed by atoms with Crippen LogP contribution in [0.15, 0.2) is 59.8 Å². The molecule has 0 bridgehead atoms. The summed E-state index contributed by atoms with van der Waals surface area (Å²) in [6.07, 6.45) is 1.22. The molecule has 8 nitrogen and oxygen atoms in total. The number of carbonyl (C=O) groups is 2. The van der Waals surface area contributed by atoms with E-state index in [1.807, 2.05) is 49.4 Å². The van der Waals surface area contributed by atoms with Crippen molar-refractivity contribution in [1.82, 2.24) is 4.90 Å². The van der Waals surface area contributed by atoms with Gasteiger partial charge in [-0.2, -0.15) is 0 Å². The van der Waals surface area contributed by atoms with Crippen molar-refractivity contribution in [2.45, 2.75) is 19.8 Å². The number of hydrogen-bond donors (Lipinski definition) is 2. The van der Waals surface area contributed by atoms with E-state index < -0.39 is 0 Å². The number of likely N-dealkylation sites (tertiary alicyclic amines) is 1. The molecule has 1 saturated heterocycles. The number of benzene rings is 2. The number of hydrogen-bond acceptors (Lipinski definition) is 5.